The number of nitrogens with one attached hydrogen (secondary N) is 1. The first-order valence-electron chi connectivity index (χ1n) is 5.37. The Labute approximate surface area is 109 Å². The van der Waals surface area contributed by atoms with E-state index in [-0.39, 0.29) is 0 Å². The lowest BCUT2D eigenvalue weighted by Crippen LogP contribution is -1.98. The molecule has 18 heavy (non-hydrogen) atoms. The standard InChI is InChI=1S/C13H13NO3S/c1-17-11-4-2-10(3-5-11)14-7-12-6-9(8-18-12)13(15)16/h2-6,8,14H,7H2,1H3,(H,15,16). The second-order valence-corrected chi connectivity index (χ2v) is 4.68. The first-order chi connectivity index (χ1) is 8.69. The Morgan fingerprint density at radius 1 is 1.39 bits per heavy atom. The number of methoxy groups -OCH3 is 1. The van der Waals surface area contributed by atoms with Gasteiger partial charge >= 0.3 is 5.97 Å². The van der Waals surface area contributed by atoms with Crippen molar-refractivity contribution in [3.8, 4) is 5.75 Å². The van der Waals surface area contributed by atoms with E-state index in [1.165, 1.54) is 11.3 Å². The third-order valence-corrected chi connectivity index (χ3v) is 3.39. The third-order valence-electron chi connectivity index (χ3n) is 2.46. The van der Waals surface area contributed by atoms with Gasteiger partial charge in [0.1, 0.15) is 5.75 Å². The van der Waals surface area contributed by atoms with Gasteiger partial charge in [0.15, 0.2) is 0 Å². The van der Waals surface area contributed by atoms with Crippen molar-refractivity contribution in [2.24, 2.45) is 0 Å². The molecular weight excluding hydrogens is 250 g/mol. The summed E-state index contributed by atoms with van der Waals surface area (Å²) in [5.74, 6) is -0.0771. The minimum absolute atomic E-state index is 0.339. The molecule has 0 atom stereocenters. The maximum atomic E-state index is 10.7. The molecule has 0 fully saturated rings. The number of carbonyl (C=O) groups is 1. The van der Waals surface area contributed by atoms with Gasteiger partial charge in [0.25, 0.3) is 0 Å². The number of aromatic carboxylic acids is 1. The normalized spacial score (nSPS) is 10.1. The zero-order valence-corrected chi connectivity index (χ0v) is 10.7. The number of thiophene rings is 1. The summed E-state index contributed by atoms with van der Waals surface area (Å²) < 4.78 is 5.07. The van der Waals surface area contributed by atoms with E-state index in [0.717, 1.165) is 16.3 Å². The van der Waals surface area contributed by atoms with Crippen LogP contribution < -0.4 is 10.1 Å². The maximum absolute atomic E-state index is 10.7. The van der Waals surface area contributed by atoms with Crippen LogP contribution >= 0.6 is 11.3 Å². The highest BCUT2D eigenvalue weighted by atomic mass is 32.1. The number of carboxylic acids is 1. The SMILES string of the molecule is COc1ccc(NCc2cc(C(=O)O)cs2)cc1. The molecule has 0 unspecified atom stereocenters. The van der Waals surface area contributed by atoms with Gasteiger partial charge in [0, 0.05) is 22.5 Å². The average Bonchev–Trinajstić information content (AvgIpc) is 2.86. The molecule has 0 radical (unpaired) electrons. The minimum atomic E-state index is -0.887. The Bertz CT molecular complexity index is 533. The molecule has 2 aromatic rings. The van der Waals surface area contributed by atoms with Gasteiger partial charge in [0.05, 0.1) is 12.7 Å². The lowest BCUT2D eigenvalue weighted by molar-refractivity contribution is 0.0697. The molecule has 1 heterocycles. The molecule has 5 heteroatoms. The highest BCUT2D eigenvalue weighted by Crippen LogP contribution is 2.18. The molecule has 0 saturated heterocycles. The van der Waals surface area contributed by atoms with E-state index in [0.29, 0.717) is 12.1 Å². The van der Waals surface area contributed by atoms with E-state index in [9.17, 15) is 4.79 Å². The smallest absolute Gasteiger partial charge is 0.336 e. The van der Waals surface area contributed by atoms with Crippen LogP contribution in [0.2, 0.25) is 0 Å². The van der Waals surface area contributed by atoms with E-state index >= 15 is 0 Å². The predicted octanol–water partition coefficient (Wildman–Crippen LogP) is 3.07. The fourth-order valence-corrected chi connectivity index (χ4v) is 2.28. The van der Waals surface area contributed by atoms with Gasteiger partial charge in [-0.3, -0.25) is 0 Å². The largest absolute Gasteiger partial charge is 0.497 e. The Balaban J connectivity index is 1.95. The van der Waals surface area contributed by atoms with Gasteiger partial charge < -0.3 is 15.2 Å². The number of hydrogen-bond donors (Lipinski definition) is 2. The zero-order chi connectivity index (χ0) is 13.0. The Morgan fingerprint density at radius 3 is 2.67 bits per heavy atom. The number of hydrogen-bond acceptors (Lipinski definition) is 4. The summed E-state index contributed by atoms with van der Waals surface area (Å²) in [6, 6.07) is 9.28. The molecule has 1 aromatic heterocycles. The van der Waals surface area contributed by atoms with E-state index in [1.54, 1.807) is 18.6 Å². The van der Waals surface area contributed by atoms with Crippen LogP contribution in [0.5, 0.6) is 5.75 Å². The van der Waals surface area contributed by atoms with Gasteiger partial charge in [0.2, 0.25) is 0 Å². The van der Waals surface area contributed by atoms with Crippen molar-refractivity contribution in [2.75, 3.05) is 12.4 Å². The number of carboxylic acid groups (broad SMARTS) is 1. The average molecular weight is 263 g/mol. The summed E-state index contributed by atoms with van der Waals surface area (Å²) in [4.78, 5) is 11.7. The van der Waals surface area contributed by atoms with E-state index in [4.69, 9.17) is 9.84 Å². The summed E-state index contributed by atoms with van der Waals surface area (Å²) in [7, 11) is 1.63. The number of rotatable bonds is 5. The molecule has 0 aliphatic heterocycles. The van der Waals surface area contributed by atoms with Crippen LogP contribution in [0.15, 0.2) is 35.7 Å². The van der Waals surface area contributed by atoms with Crippen LogP contribution in [0.1, 0.15) is 15.2 Å². The van der Waals surface area contributed by atoms with Crippen molar-refractivity contribution in [1.29, 1.82) is 0 Å². The van der Waals surface area contributed by atoms with Gasteiger partial charge in [-0.15, -0.1) is 11.3 Å². The second-order valence-electron chi connectivity index (χ2n) is 3.69. The molecule has 0 aliphatic carbocycles. The van der Waals surface area contributed by atoms with Crippen molar-refractivity contribution in [2.45, 2.75) is 6.54 Å². The number of benzene rings is 1. The highest BCUT2D eigenvalue weighted by molar-refractivity contribution is 7.10. The lowest BCUT2D eigenvalue weighted by Gasteiger charge is -2.05. The summed E-state index contributed by atoms with van der Waals surface area (Å²) in [6.45, 7) is 0.615. The van der Waals surface area contributed by atoms with Gasteiger partial charge in [-0.2, -0.15) is 0 Å². The first kappa shape index (κ1) is 12.4. The highest BCUT2D eigenvalue weighted by Gasteiger charge is 2.06. The predicted molar refractivity (Wildman–Crippen MR) is 71.6 cm³/mol. The summed E-state index contributed by atoms with van der Waals surface area (Å²) in [5.41, 5.74) is 1.31. The molecule has 2 N–H and O–H groups in total. The minimum Gasteiger partial charge on any atom is -0.497 e. The fourth-order valence-electron chi connectivity index (χ4n) is 1.48. The van der Waals surface area contributed by atoms with Crippen LogP contribution in [0, 0.1) is 0 Å². The van der Waals surface area contributed by atoms with Crippen molar-refractivity contribution >= 4 is 23.0 Å². The van der Waals surface area contributed by atoms with Crippen molar-refractivity contribution < 1.29 is 14.6 Å². The van der Waals surface area contributed by atoms with E-state index in [1.807, 2.05) is 24.3 Å². The van der Waals surface area contributed by atoms with Gasteiger partial charge in [-0.1, -0.05) is 0 Å². The van der Waals surface area contributed by atoms with E-state index in [2.05, 4.69) is 5.32 Å². The summed E-state index contributed by atoms with van der Waals surface area (Å²) in [6.07, 6.45) is 0. The van der Waals surface area contributed by atoms with E-state index < -0.39 is 5.97 Å². The zero-order valence-electron chi connectivity index (χ0n) is 9.84. The van der Waals surface area contributed by atoms with Crippen molar-refractivity contribution in [3.05, 3.63) is 46.2 Å². The Morgan fingerprint density at radius 2 is 2.11 bits per heavy atom. The monoisotopic (exact) mass is 263 g/mol. The summed E-state index contributed by atoms with van der Waals surface area (Å²) >= 11 is 1.44. The van der Waals surface area contributed by atoms with Crippen LogP contribution in [-0.2, 0) is 6.54 Å². The molecule has 0 spiro atoms. The maximum Gasteiger partial charge on any atom is 0.336 e. The van der Waals surface area contributed by atoms with Crippen molar-refractivity contribution in [1.82, 2.24) is 0 Å². The van der Waals surface area contributed by atoms with Gasteiger partial charge in [-0.25, -0.2) is 4.79 Å². The summed E-state index contributed by atoms with van der Waals surface area (Å²) in [5, 5.41) is 13.7. The van der Waals surface area contributed by atoms with Crippen molar-refractivity contribution in [3.63, 3.8) is 0 Å². The van der Waals surface area contributed by atoms with Gasteiger partial charge in [-0.05, 0) is 30.3 Å². The van der Waals surface area contributed by atoms with Crippen LogP contribution in [0.4, 0.5) is 5.69 Å². The fraction of sp³-hybridized carbons (Fsp3) is 0.154. The van der Waals surface area contributed by atoms with Crippen LogP contribution in [0.3, 0.4) is 0 Å². The molecule has 94 valence electrons. The lowest BCUT2D eigenvalue weighted by atomic mass is 10.3. The quantitative estimate of drug-likeness (QED) is 0.870. The number of ether oxygens (including phenoxy) is 1. The number of anilines is 1. The Hall–Kier alpha value is -2.01. The molecule has 2 rings (SSSR count). The molecular formula is C13H13NO3S. The first-order valence-corrected chi connectivity index (χ1v) is 6.25. The molecule has 0 saturated carbocycles. The van der Waals surface area contributed by atoms with Crippen LogP contribution in [-0.4, -0.2) is 18.2 Å². The molecule has 1 aromatic carbocycles. The topological polar surface area (TPSA) is 58.6 Å². The Kier molecular flexibility index (Phi) is 3.84. The molecule has 4 nitrogen and oxygen atoms in total. The van der Waals surface area contributed by atoms with Crippen LogP contribution in [0.25, 0.3) is 0 Å². The third kappa shape index (κ3) is 3.01. The molecule has 0 amide bonds. The second kappa shape index (κ2) is 5.55. The molecule has 0 bridgehead atoms. The molecule has 0 aliphatic rings.